The molecule has 7 heteroatoms. The molecule has 0 amide bonds. The molecule has 1 aromatic rings. The fraction of sp³-hybridized carbons (Fsp3) is 0.600. The summed E-state index contributed by atoms with van der Waals surface area (Å²) in [7, 11) is -0.556. The predicted molar refractivity (Wildman–Crippen MR) is 85.0 cm³/mol. The minimum atomic E-state index is -3.55. The zero-order chi connectivity index (χ0) is 16.2. The second-order valence-corrected chi connectivity index (χ2v) is 7.23. The second-order valence-electron chi connectivity index (χ2n) is 5.46. The third-order valence-electron chi connectivity index (χ3n) is 4.00. The first-order chi connectivity index (χ1) is 10.5. The molecule has 1 saturated heterocycles. The van der Waals surface area contributed by atoms with Gasteiger partial charge in [-0.05, 0) is 45.0 Å². The van der Waals surface area contributed by atoms with Gasteiger partial charge < -0.3 is 9.47 Å². The van der Waals surface area contributed by atoms with Gasteiger partial charge in [-0.25, -0.2) is 13.1 Å². The monoisotopic (exact) mass is 328 g/mol. The van der Waals surface area contributed by atoms with Crippen molar-refractivity contribution >= 4 is 10.0 Å². The smallest absolute Gasteiger partial charge is 0.240 e. The third-order valence-corrected chi connectivity index (χ3v) is 5.42. The summed E-state index contributed by atoms with van der Waals surface area (Å²) in [6, 6.07) is 4.78. The van der Waals surface area contributed by atoms with E-state index >= 15 is 0 Å². The highest BCUT2D eigenvalue weighted by Gasteiger charge is 2.22. The number of hydrogen-bond donors (Lipinski definition) is 1. The van der Waals surface area contributed by atoms with Gasteiger partial charge in [0.05, 0.1) is 19.1 Å². The van der Waals surface area contributed by atoms with Crippen LogP contribution in [-0.4, -0.2) is 53.2 Å². The summed E-state index contributed by atoms with van der Waals surface area (Å²) < 4.78 is 37.7. The fourth-order valence-electron chi connectivity index (χ4n) is 2.61. The Morgan fingerprint density at radius 3 is 2.41 bits per heavy atom. The summed E-state index contributed by atoms with van der Waals surface area (Å²) in [5.74, 6) is 0.907. The highest BCUT2D eigenvalue weighted by molar-refractivity contribution is 7.89. The van der Waals surface area contributed by atoms with Crippen LogP contribution in [0.15, 0.2) is 23.1 Å². The lowest BCUT2D eigenvalue weighted by Gasteiger charge is -2.23. The van der Waals surface area contributed by atoms with E-state index in [1.54, 1.807) is 6.07 Å². The maximum absolute atomic E-state index is 12.4. The molecule has 0 unspecified atom stereocenters. The van der Waals surface area contributed by atoms with E-state index in [1.165, 1.54) is 39.2 Å². The Morgan fingerprint density at radius 1 is 1.18 bits per heavy atom. The van der Waals surface area contributed by atoms with Gasteiger partial charge in [-0.1, -0.05) is 0 Å². The van der Waals surface area contributed by atoms with E-state index in [1.807, 2.05) is 6.92 Å². The molecule has 0 aromatic heterocycles. The molecule has 0 saturated carbocycles. The summed E-state index contributed by atoms with van der Waals surface area (Å²) >= 11 is 0. The van der Waals surface area contributed by atoms with Crippen molar-refractivity contribution in [1.29, 1.82) is 0 Å². The van der Waals surface area contributed by atoms with Gasteiger partial charge in [0.25, 0.3) is 0 Å². The molecule has 1 aliphatic rings. The van der Waals surface area contributed by atoms with E-state index in [9.17, 15) is 8.42 Å². The van der Waals surface area contributed by atoms with Gasteiger partial charge in [-0.2, -0.15) is 0 Å². The summed E-state index contributed by atoms with van der Waals surface area (Å²) in [6.45, 7) is 4.53. The SMILES string of the molecule is COc1ccc(S(=O)(=O)NC[C@@H](C)N2CCCC2)cc1OC. The molecule has 1 heterocycles. The lowest BCUT2D eigenvalue weighted by Crippen LogP contribution is -2.40. The van der Waals surface area contributed by atoms with E-state index in [-0.39, 0.29) is 10.9 Å². The van der Waals surface area contributed by atoms with Crippen LogP contribution in [0.1, 0.15) is 19.8 Å². The molecule has 1 atom stereocenters. The van der Waals surface area contributed by atoms with E-state index in [0.717, 1.165) is 13.1 Å². The van der Waals surface area contributed by atoms with E-state index in [4.69, 9.17) is 9.47 Å². The molecular weight excluding hydrogens is 304 g/mol. The highest BCUT2D eigenvalue weighted by atomic mass is 32.2. The largest absolute Gasteiger partial charge is 0.493 e. The Morgan fingerprint density at radius 2 is 1.82 bits per heavy atom. The number of benzene rings is 1. The second kappa shape index (κ2) is 7.30. The zero-order valence-electron chi connectivity index (χ0n) is 13.3. The van der Waals surface area contributed by atoms with Crippen molar-refractivity contribution in [3.8, 4) is 11.5 Å². The van der Waals surface area contributed by atoms with Gasteiger partial charge in [-0.3, -0.25) is 4.90 Å². The molecule has 1 aliphatic heterocycles. The molecule has 0 bridgehead atoms. The molecule has 0 radical (unpaired) electrons. The van der Waals surface area contributed by atoms with Crippen molar-refractivity contribution < 1.29 is 17.9 Å². The molecule has 0 aliphatic carbocycles. The minimum Gasteiger partial charge on any atom is -0.493 e. The maximum atomic E-state index is 12.4. The molecule has 0 spiro atoms. The van der Waals surface area contributed by atoms with Gasteiger partial charge in [0, 0.05) is 18.7 Å². The van der Waals surface area contributed by atoms with Crippen LogP contribution in [0.5, 0.6) is 11.5 Å². The quantitative estimate of drug-likeness (QED) is 0.821. The van der Waals surface area contributed by atoms with Gasteiger partial charge in [0.15, 0.2) is 11.5 Å². The van der Waals surface area contributed by atoms with Gasteiger partial charge in [0.2, 0.25) is 10.0 Å². The Bertz CT molecular complexity index is 598. The van der Waals surface area contributed by atoms with Crippen LogP contribution in [0.4, 0.5) is 0 Å². The lowest BCUT2D eigenvalue weighted by molar-refractivity contribution is 0.260. The Hall–Kier alpha value is -1.31. The van der Waals surface area contributed by atoms with Crippen LogP contribution >= 0.6 is 0 Å². The molecule has 2 rings (SSSR count). The summed E-state index contributed by atoms with van der Waals surface area (Å²) in [5, 5.41) is 0. The van der Waals surface area contributed by atoms with Crippen LogP contribution in [0.2, 0.25) is 0 Å². The van der Waals surface area contributed by atoms with E-state index < -0.39 is 10.0 Å². The van der Waals surface area contributed by atoms with Crippen molar-refractivity contribution in [1.82, 2.24) is 9.62 Å². The molecule has 1 N–H and O–H groups in total. The number of sulfonamides is 1. The molecule has 1 aromatic carbocycles. The number of likely N-dealkylation sites (tertiary alicyclic amines) is 1. The number of methoxy groups -OCH3 is 2. The number of nitrogens with zero attached hydrogens (tertiary/aromatic N) is 1. The summed E-state index contributed by atoms with van der Waals surface area (Å²) in [6.07, 6.45) is 2.37. The fourth-order valence-corrected chi connectivity index (χ4v) is 3.75. The average Bonchev–Trinajstić information content (AvgIpc) is 3.06. The van der Waals surface area contributed by atoms with Crippen molar-refractivity contribution in [3.05, 3.63) is 18.2 Å². The number of rotatable bonds is 7. The Labute approximate surface area is 132 Å². The number of hydrogen-bond acceptors (Lipinski definition) is 5. The molecule has 1 fully saturated rings. The molecule has 124 valence electrons. The molecular formula is C15H24N2O4S. The normalized spacial score (nSPS) is 17.4. The first kappa shape index (κ1) is 17.1. The van der Waals surface area contributed by atoms with Gasteiger partial charge in [-0.15, -0.1) is 0 Å². The van der Waals surface area contributed by atoms with Gasteiger partial charge >= 0.3 is 0 Å². The highest BCUT2D eigenvalue weighted by Crippen LogP contribution is 2.29. The van der Waals surface area contributed by atoms with E-state index in [2.05, 4.69) is 9.62 Å². The van der Waals surface area contributed by atoms with Crippen LogP contribution in [0, 0.1) is 0 Å². The first-order valence-electron chi connectivity index (χ1n) is 7.43. The maximum Gasteiger partial charge on any atom is 0.240 e. The Balaban J connectivity index is 2.06. The first-order valence-corrected chi connectivity index (χ1v) is 8.92. The molecule has 6 nitrogen and oxygen atoms in total. The summed E-state index contributed by atoms with van der Waals surface area (Å²) in [5.41, 5.74) is 0. The van der Waals surface area contributed by atoms with Crippen LogP contribution in [0.3, 0.4) is 0 Å². The van der Waals surface area contributed by atoms with E-state index in [0.29, 0.717) is 18.0 Å². The van der Waals surface area contributed by atoms with Crippen molar-refractivity contribution in [2.75, 3.05) is 33.9 Å². The van der Waals surface area contributed by atoms with Gasteiger partial charge in [0.1, 0.15) is 0 Å². The minimum absolute atomic E-state index is 0.179. The van der Waals surface area contributed by atoms with Crippen molar-refractivity contribution in [2.24, 2.45) is 0 Å². The van der Waals surface area contributed by atoms with Crippen LogP contribution in [0.25, 0.3) is 0 Å². The Kier molecular flexibility index (Phi) is 5.66. The average molecular weight is 328 g/mol. The standard InChI is InChI=1S/C15H24N2O4S/c1-12(17-8-4-5-9-17)11-16-22(18,19)13-6-7-14(20-2)15(10-13)21-3/h6-7,10,12,16H,4-5,8-9,11H2,1-3H3/t12-/m1/s1. The topological polar surface area (TPSA) is 67.9 Å². The third kappa shape index (κ3) is 3.91. The predicted octanol–water partition coefficient (Wildman–Crippen LogP) is 1.47. The number of nitrogens with one attached hydrogen (secondary N) is 1. The van der Waals surface area contributed by atoms with Crippen molar-refractivity contribution in [2.45, 2.75) is 30.7 Å². The lowest BCUT2D eigenvalue weighted by atomic mass is 10.3. The summed E-state index contributed by atoms with van der Waals surface area (Å²) in [4.78, 5) is 2.48. The van der Waals surface area contributed by atoms with Crippen LogP contribution < -0.4 is 14.2 Å². The molecule has 22 heavy (non-hydrogen) atoms. The number of ether oxygens (including phenoxy) is 2. The zero-order valence-corrected chi connectivity index (χ0v) is 14.1. The van der Waals surface area contributed by atoms with Crippen molar-refractivity contribution in [3.63, 3.8) is 0 Å². The van der Waals surface area contributed by atoms with Crippen LogP contribution in [-0.2, 0) is 10.0 Å².